The van der Waals surface area contributed by atoms with Crippen molar-refractivity contribution in [2.24, 2.45) is 16.7 Å². The lowest BCUT2D eigenvalue weighted by molar-refractivity contribution is 0.0821. The zero-order valence-electron chi connectivity index (χ0n) is 12.6. The minimum Gasteiger partial charge on any atom is -0.397 e. The second-order valence-corrected chi connectivity index (χ2v) is 8.79. The zero-order valence-corrected chi connectivity index (χ0v) is 13.8. The standard InChI is InChI=1S/C15H30O2Si/c1-5-16-18(17-6-2)12-14(3,4)15-9-7-13(11-15)8-10-15/h13,18H,5-12H2,1-4H3. The summed E-state index contributed by atoms with van der Waals surface area (Å²) in [6, 6.07) is 1.18. The third-order valence-corrected chi connectivity index (χ3v) is 8.32. The molecule has 0 aromatic heterocycles. The molecular weight excluding hydrogens is 240 g/mol. The number of hydrogen-bond donors (Lipinski definition) is 0. The van der Waals surface area contributed by atoms with Gasteiger partial charge < -0.3 is 8.85 Å². The molecule has 0 aromatic rings. The summed E-state index contributed by atoms with van der Waals surface area (Å²) in [7, 11) is -1.45. The van der Waals surface area contributed by atoms with Gasteiger partial charge in [-0.25, -0.2) is 0 Å². The fourth-order valence-corrected chi connectivity index (χ4v) is 6.66. The highest BCUT2D eigenvalue weighted by Gasteiger charge is 2.54. The average molecular weight is 270 g/mol. The Balaban J connectivity index is 2.00. The van der Waals surface area contributed by atoms with Crippen molar-refractivity contribution in [2.45, 2.75) is 65.8 Å². The van der Waals surface area contributed by atoms with Crippen molar-refractivity contribution >= 4 is 9.28 Å². The summed E-state index contributed by atoms with van der Waals surface area (Å²) in [4.78, 5) is 0. The van der Waals surface area contributed by atoms with Crippen LogP contribution in [0.4, 0.5) is 0 Å². The van der Waals surface area contributed by atoms with Crippen LogP contribution in [-0.2, 0) is 8.85 Å². The lowest BCUT2D eigenvalue weighted by Gasteiger charge is -2.44. The lowest BCUT2D eigenvalue weighted by Crippen LogP contribution is -2.39. The molecule has 0 spiro atoms. The highest BCUT2D eigenvalue weighted by Crippen LogP contribution is 2.63. The van der Waals surface area contributed by atoms with E-state index >= 15 is 0 Å². The van der Waals surface area contributed by atoms with Crippen LogP contribution in [0.1, 0.15) is 59.8 Å². The number of fused-ring (bicyclic) bond motifs is 2. The fraction of sp³-hybridized carbons (Fsp3) is 1.00. The van der Waals surface area contributed by atoms with Gasteiger partial charge in [0.1, 0.15) is 0 Å². The van der Waals surface area contributed by atoms with Gasteiger partial charge in [-0.3, -0.25) is 0 Å². The Morgan fingerprint density at radius 1 is 1.11 bits per heavy atom. The smallest absolute Gasteiger partial charge is 0.321 e. The molecule has 3 heteroatoms. The molecule has 2 fully saturated rings. The molecule has 2 rings (SSSR count). The van der Waals surface area contributed by atoms with Crippen molar-refractivity contribution in [3.63, 3.8) is 0 Å². The molecule has 2 saturated carbocycles. The third-order valence-electron chi connectivity index (χ3n) is 5.56. The Morgan fingerprint density at radius 2 is 1.67 bits per heavy atom. The van der Waals surface area contributed by atoms with Crippen LogP contribution in [0.3, 0.4) is 0 Å². The molecule has 0 N–H and O–H groups in total. The van der Waals surface area contributed by atoms with Crippen molar-refractivity contribution < 1.29 is 8.85 Å². The van der Waals surface area contributed by atoms with E-state index in [2.05, 4.69) is 27.7 Å². The molecule has 0 unspecified atom stereocenters. The molecule has 2 bridgehead atoms. The zero-order chi connectivity index (χ0) is 13.2. The molecule has 0 amide bonds. The summed E-state index contributed by atoms with van der Waals surface area (Å²) >= 11 is 0. The molecule has 2 aliphatic rings. The van der Waals surface area contributed by atoms with Crippen LogP contribution in [0.5, 0.6) is 0 Å². The number of hydrogen-bond acceptors (Lipinski definition) is 2. The molecule has 18 heavy (non-hydrogen) atoms. The average Bonchev–Trinajstić information content (AvgIpc) is 2.90. The molecule has 0 radical (unpaired) electrons. The molecule has 2 aliphatic carbocycles. The summed E-state index contributed by atoms with van der Waals surface area (Å²) in [6.45, 7) is 10.7. The normalized spacial score (nSPS) is 31.5. The first kappa shape index (κ1) is 14.5. The van der Waals surface area contributed by atoms with E-state index in [1.807, 2.05) is 0 Å². The Hall–Kier alpha value is 0.137. The van der Waals surface area contributed by atoms with Gasteiger partial charge in [0.2, 0.25) is 0 Å². The Labute approximate surface area is 114 Å². The minimum atomic E-state index is -1.45. The van der Waals surface area contributed by atoms with E-state index in [4.69, 9.17) is 8.85 Å². The fourth-order valence-electron chi connectivity index (χ4n) is 4.31. The van der Waals surface area contributed by atoms with Crippen LogP contribution in [0.2, 0.25) is 6.04 Å². The molecular formula is C15H30O2Si. The van der Waals surface area contributed by atoms with Gasteiger partial charge in [0.15, 0.2) is 0 Å². The van der Waals surface area contributed by atoms with E-state index in [-0.39, 0.29) is 0 Å². The van der Waals surface area contributed by atoms with Crippen molar-refractivity contribution in [2.75, 3.05) is 13.2 Å². The summed E-state index contributed by atoms with van der Waals surface area (Å²) in [5.41, 5.74) is 1.01. The van der Waals surface area contributed by atoms with Crippen molar-refractivity contribution in [1.82, 2.24) is 0 Å². The van der Waals surface area contributed by atoms with Crippen molar-refractivity contribution in [3.8, 4) is 0 Å². The lowest BCUT2D eigenvalue weighted by atomic mass is 9.64. The Morgan fingerprint density at radius 3 is 2.06 bits per heavy atom. The van der Waals surface area contributed by atoms with E-state index in [0.29, 0.717) is 10.8 Å². The maximum absolute atomic E-state index is 5.90. The minimum absolute atomic E-state index is 0.402. The maximum Gasteiger partial charge on any atom is 0.321 e. The van der Waals surface area contributed by atoms with Crippen molar-refractivity contribution in [3.05, 3.63) is 0 Å². The number of rotatable bonds is 7. The van der Waals surface area contributed by atoms with Gasteiger partial charge >= 0.3 is 9.28 Å². The van der Waals surface area contributed by atoms with E-state index in [1.165, 1.54) is 38.1 Å². The maximum atomic E-state index is 5.90. The van der Waals surface area contributed by atoms with Gasteiger partial charge in [-0.05, 0) is 68.7 Å². The van der Waals surface area contributed by atoms with Gasteiger partial charge in [0, 0.05) is 13.2 Å². The van der Waals surface area contributed by atoms with Gasteiger partial charge in [0.25, 0.3) is 0 Å². The second-order valence-electron chi connectivity index (χ2n) is 6.86. The van der Waals surface area contributed by atoms with Crippen LogP contribution >= 0.6 is 0 Å². The molecule has 2 nitrogen and oxygen atoms in total. The first-order chi connectivity index (χ1) is 8.53. The summed E-state index contributed by atoms with van der Waals surface area (Å²) < 4.78 is 11.8. The second kappa shape index (κ2) is 5.64. The largest absolute Gasteiger partial charge is 0.397 e. The van der Waals surface area contributed by atoms with Crippen LogP contribution in [0.15, 0.2) is 0 Å². The van der Waals surface area contributed by atoms with Gasteiger partial charge in [0.05, 0.1) is 0 Å². The first-order valence-electron chi connectivity index (χ1n) is 7.76. The van der Waals surface area contributed by atoms with Crippen LogP contribution < -0.4 is 0 Å². The molecule has 106 valence electrons. The summed E-state index contributed by atoms with van der Waals surface area (Å²) in [5.74, 6) is 1.03. The predicted octanol–water partition coefficient (Wildman–Crippen LogP) is 3.89. The Kier molecular flexibility index (Phi) is 4.55. The van der Waals surface area contributed by atoms with E-state index in [9.17, 15) is 0 Å². The topological polar surface area (TPSA) is 18.5 Å². The van der Waals surface area contributed by atoms with Gasteiger partial charge in [-0.1, -0.05) is 13.8 Å². The molecule has 0 heterocycles. The van der Waals surface area contributed by atoms with E-state index < -0.39 is 9.28 Å². The third kappa shape index (κ3) is 2.68. The van der Waals surface area contributed by atoms with Crippen LogP contribution in [0.25, 0.3) is 0 Å². The predicted molar refractivity (Wildman–Crippen MR) is 78.0 cm³/mol. The summed E-state index contributed by atoms with van der Waals surface area (Å²) in [5, 5.41) is 0. The summed E-state index contributed by atoms with van der Waals surface area (Å²) in [6.07, 6.45) is 7.31. The van der Waals surface area contributed by atoms with Gasteiger partial charge in [-0.2, -0.15) is 0 Å². The molecule has 0 atom stereocenters. The van der Waals surface area contributed by atoms with E-state index in [0.717, 1.165) is 19.1 Å². The first-order valence-corrected chi connectivity index (χ1v) is 9.52. The monoisotopic (exact) mass is 270 g/mol. The molecule has 0 aromatic carbocycles. The van der Waals surface area contributed by atoms with Gasteiger partial charge in [-0.15, -0.1) is 0 Å². The molecule has 0 saturated heterocycles. The molecule has 0 aliphatic heterocycles. The van der Waals surface area contributed by atoms with Crippen LogP contribution in [-0.4, -0.2) is 22.5 Å². The quantitative estimate of drug-likeness (QED) is 0.654. The Bertz CT molecular complexity index is 264. The van der Waals surface area contributed by atoms with E-state index in [1.54, 1.807) is 0 Å². The van der Waals surface area contributed by atoms with Crippen molar-refractivity contribution in [1.29, 1.82) is 0 Å². The van der Waals surface area contributed by atoms with Crippen LogP contribution in [0, 0.1) is 16.7 Å². The SMILES string of the molecule is CCO[SiH](CC(C)(C)C12CCC(CC1)C2)OCC. The highest BCUT2D eigenvalue weighted by molar-refractivity contribution is 6.44. The highest BCUT2D eigenvalue weighted by atomic mass is 28.3.